The molecule has 0 bridgehead atoms. The zero-order valence-electron chi connectivity index (χ0n) is 7.59. The minimum absolute atomic E-state index is 0.0776. The molecule has 0 saturated carbocycles. The van der Waals surface area contributed by atoms with Crippen LogP contribution in [0.4, 0.5) is 0 Å². The van der Waals surface area contributed by atoms with E-state index in [1.165, 1.54) is 0 Å². The predicted octanol–water partition coefficient (Wildman–Crippen LogP) is 0.118. The Morgan fingerprint density at radius 3 is 2.36 bits per heavy atom. The topological polar surface area (TPSA) is 52.5 Å². The minimum atomic E-state index is -0.326. The van der Waals surface area contributed by atoms with Crippen LogP contribution < -0.4 is 5.32 Å². The van der Waals surface area contributed by atoms with Gasteiger partial charge >= 0.3 is 0 Å². The van der Waals surface area contributed by atoms with Gasteiger partial charge in [-0.1, -0.05) is 0 Å². The van der Waals surface area contributed by atoms with Gasteiger partial charge in [0, 0.05) is 18.7 Å². The van der Waals surface area contributed by atoms with Crippen LogP contribution in [0.15, 0.2) is 0 Å². The molecule has 3 nitrogen and oxygen atoms in total. The average molecular weight is 161 g/mol. The molecule has 0 rings (SSSR count). The molecule has 0 aromatic rings. The summed E-state index contributed by atoms with van der Waals surface area (Å²) in [6.07, 6.45) is 0.382. The number of hydrogen-bond acceptors (Lipinski definition) is 3. The summed E-state index contributed by atoms with van der Waals surface area (Å²) < 4.78 is 0. The molecule has 0 spiro atoms. The first kappa shape index (κ1) is 10.9. The summed E-state index contributed by atoms with van der Waals surface area (Å²) >= 11 is 0. The van der Waals surface area contributed by atoms with Gasteiger partial charge in [0.2, 0.25) is 0 Å². The van der Waals surface area contributed by atoms with Crippen LogP contribution in [0.25, 0.3) is 0 Å². The smallest absolute Gasteiger partial charge is 0.0636 e. The number of hydrogen-bond donors (Lipinski definition) is 3. The largest absolute Gasteiger partial charge is 0.396 e. The van der Waals surface area contributed by atoms with Crippen molar-refractivity contribution in [1.82, 2.24) is 5.32 Å². The van der Waals surface area contributed by atoms with E-state index < -0.39 is 0 Å². The maximum absolute atomic E-state index is 8.96. The third-order valence-electron chi connectivity index (χ3n) is 1.61. The molecule has 0 aromatic heterocycles. The molecule has 0 amide bonds. The Kier molecular flexibility index (Phi) is 4.65. The molecular formula is C8H19NO2. The van der Waals surface area contributed by atoms with Crippen molar-refractivity contribution in [1.29, 1.82) is 0 Å². The van der Waals surface area contributed by atoms with E-state index >= 15 is 0 Å². The molecule has 0 saturated heterocycles. The number of aliphatic hydroxyl groups is 2. The van der Waals surface area contributed by atoms with E-state index in [1.807, 2.05) is 13.8 Å². The molecular weight excluding hydrogens is 142 g/mol. The molecule has 0 radical (unpaired) electrons. The van der Waals surface area contributed by atoms with E-state index in [4.69, 9.17) is 10.2 Å². The molecule has 3 heteroatoms. The Bertz CT molecular complexity index is 102. The van der Waals surface area contributed by atoms with Crippen molar-refractivity contribution in [2.45, 2.75) is 38.8 Å². The SMILES string of the molecule is C[C@H](O)CNC(C)(C)CCO. The molecule has 3 N–H and O–H groups in total. The van der Waals surface area contributed by atoms with Crippen LogP contribution in [0.5, 0.6) is 0 Å². The van der Waals surface area contributed by atoms with Crippen molar-refractivity contribution in [2.24, 2.45) is 0 Å². The molecule has 0 aliphatic carbocycles. The van der Waals surface area contributed by atoms with Crippen LogP contribution in [-0.4, -0.2) is 35.0 Å². The molecule has 0 aliphatic heterocycles. The molecule has 68 valence electrons. The van der Waals surface area contributed by atoms with Gasteiger partial charge in [0.1, 0.15) is 0 Å². The third-order valence-corrected chi connectivity index (χ3v) is 1.61. The second kappa shape index (κ2) is 4.70. The van der Waals surface area contributed by atoms with Crippen LogP contribution in [-0.2, 0) is 0 Å². The third kappa shape index (κ3) is 6.28. The van der Waals surface area contributed by atoms with Crippen LogP contribution >= 0.6 is 0 Å². The van der Waals surface area contributed by atoms with Crippen LogP contribution in [0.2, 0.25) is 0 Å². The second-order valence-electron chi connectivity index (χ2n) is 3.59. The first-order valence-corrected chi connectivity index (χ1v) is 4.02. The van der Waals surface area contributed by atoms with Gasteiger partial charge in [0.25, 0.3) is 0 Å². The lowest BCUT2D eigenvalue weighted by molar-refractivity contribution is 0.164. The molecule has 1 atom stereocenters. The maximum Gasteiger partial charge on any atom is 0.0636 e. The van der Waals surface area contributed by atoms with Crippen molar-refractivity contribution in [3.8, 4) is 0 Å². The first-order valence-electron chi connectivity index (χ1n) is 4.02. The fourth-order valence-corrected chi connectivity index (χ4v) is 0.792. The predicted molar refractivity (Wildman–Crippen MR) is 45.5 cm³/mol. The summed E-state index contributed by atoms with van der Waals surface area (Å²) in [7, 11) is 0. The Hall–Kier alpha value is -0.120. The van der Waals surface area contributed by atoms with Crippen molar-refractivity contribution in [3.63, 3.8) is 0 Å². The fraction of sp³-hybridized carbons (Fsp3) is 1.00. The van der Waals surface area contributed by atoms with Crippen LogP contribution in [0.1, 0.15) is 27.2 Å². The van der Waals surface area contributed by atoms with Crippen molar-refractivity contribution < 1.29 is 10.2 Å². The Morgan fingerprint density at radius 2 is 2.00 bits per heavy atom. The van der Waals surface area contributed by atoms with Crippen molar-refractivity contribution >= 4 is 0 Å². The van der Waals surface area contributed by atoms with Gasteiger partial charge in [-0.25, -0.2) is 0 Å². The number of aliphatic hydroxyl groups excluding tert-OH is 2. The molecule has 0 aromatic carbocycles. The highest BCUT2D eigenvalue weighted by atomic mass is 16.3. The Labute approximate surface area is 68.4 Å². The summed E-state index contributed by atoms with van der Waals surface area (Å²) in [5.74, 6) is 0. The van der Waals surface area contributed by atoms with Gasteiger partial charge in [-0.15, -0.1) is 0 Å². The van der Waals surface area contributed by atoms with Crippen LogP contribution in [0.3, 0.4) is 0 Å². The number of β-amino-alcohol motifs (C(OH)–C–C–N with tert-alkyl or cyclic N) is 1. The van der Waals surface area contributed by atoms with Crippen LogP contribution in [0, 0.1) is 0 Å². The normalized spacial score (nSPS) is 15.0. The zero-order valence-corrected chi connectivity index (χ0v) is 7.59. The standard InChI is InChI=1S/C8H19NO2/c1-7(11)6-9-8(2,3)4-5-10/h7,9-11H,4-6H2,1-3H3/t7-/m0/s1. The monoisotopic (exact) mass is 161 g/mol. The summed E-state index contributed by atoms with van der Waals surface area (Å²) in [5, 5.41) is 20.8. The average Bonchev–Trinajstić information content (AvgIpc) is 1.84. The summed E-state index contributed by atoms with van der Waals surface area (Å²) in [6, 6.07) is 0. The lowest BCUT2D eigenvalue weighted by Gasteiger charge is -2.26. The van der Waals surface area contributed by atoms with E-state index in [1.54, 1.807) is 6.92 Å². The highest BCUT2D eigenvalue weighted by Crippen LogP contribution is 2.06. The summed E-state index contributed by atoms with van der Waals surface area (Å²) in [5.41, 5.74) is -0.0776. The van der Waals surface area contributed by atoms with Gasteiger partial charge in [-0.3, -0.25) is 0 Å². The van der Waals surface area contributed by atoms with Crippen molar-refractivity contribution in [2.75, 3.05) is 13.2 Å². The second-order valence-corrected chi connectivity index (χ2v) is 3.59. The van der Waals surface area contributed by atoms with Crippen molar-refractivity contribution in [3.05, 3.63) is 0 Å². The number of rotatable bonds is 5. The van der Waals surface area contributed by atoms with E-state index in [-0.39, 0.29) is 18.2 Å². The maximum atomic E-state index is 8.96. The quantitative estimate of drug-likeness (QED) is 0.537. The van der Waals surface area contributed by atoms with Gasteiger partial charge < -0.3 is 15.5 Å². The highest BCUT2D eigenvalue weighted by Gasteiger charge is 2.15. The zero-order chi connectivity index (χ0) is 8.91. The lowest BCUT2D eigenvalue weighted by atomic mass is 10.0. The van der Waals surface area contributed by atoms with Gasteiger partial charge in [-0.2, -0.15) is 0 Å². The molecule has 11 heavy (non-hydrogen) atoms. The summed E-state index contributed by atoms with van der Waals surface area (Å²) in [4.78, 5) is 0. The van der Waals surface area contributed by atoms with E-state index in [0.29, 0.717) is 13.0 Å². The molecule has 0 aliphatic rings. The fourth-order valence-electron chi connectivity index (χ4n) is 0.792. The van der Waals surface area contributed by atoms with E-state index in [0.717, 1.165) is 0 Å². The Balaban J connectivity index is 3.54. The highest BCUT2D eigenvalue weighted by molar-refractivity contribution is 4.77. The molecule has 0 heterocycles. The lowest BCUT2D eigenvalue weighted by Crippen LogP contribution is -2.43. The van der Waals surface area contributed by atoms with E-state index in [2.05, 4.69) is 5.32 Å². The van der Waals surface area contributed by atoms with Gasteiger partial charge in [0.05, 0.1) is 6.10 Å². The van der Waals surface area contributed by atoms with E-state index in [9.17, 15) is 0 Å². The van der Waals surface area contributed by atoms with Gasteiger partial charge in [0.15, 0.2) is 0 Å². The van der Waals surface area contributed by atoms with Gasteiger partial charge in [-0.05, 0) is 27.2 Å². The Morgan fingerprint density at radius 1 is 1.45 bits per heavy atom. The molecule has 0 fully saturated rings. The minimum Gasteiger partial charge on any atom is -0.396 e. The molecule has 0 unspecified atom stereocenters. The number of nitrogens with one attached hydrogen (secondary N) is 1. The first-order chi connectivity index (χ1) is 4.98. The summed E-state index contributed by atoms with van der Waals surface area (Å²) in [6.45, 7) is 6.51.